The average molecular weight is 349 g/mol. The lowest BCUT2D eigenvalue weighted by Gasteiger charge is -2.13. The van der Waals surface area contributed by atoms with Crippen LogP contribution < -0.4 is 10.6 Å². The van der Waals surface area contributed by atoms with E-state index >= 15 is 0 Å². The highest BCUT2D eigenvalue weighted by atomic mass is 19.3. The number of aliphatic imine (C=N–C) groups is 1. The first-order valence-electron chi connectivity index (χ1n) is 8.47. The molecule has 0 atom stereocenters. The van der Waals surface area contributed by atoms with Crippen LogP contribution >= 0.6 is 0 Å². The van der Waals surface area contributed by atoms with E-state index in [0.29, 0.717) is 12.5 Å². The summed E-state index contributed by atoms with van der Waals surface area (Å²) in [6.45, 7) is 3.03. The van der Waals surface area contributed by atoms with E-state index in [-0.39, 0.29) is 12.4 Å². The summed E-state index contributed by atoms with van der Waals surface area (Å²) in [5.41, 5.74) is 2.29. The van der Waals surface area contributed by atoms with Gasteiger partial charge in [0.05, 0.1) is 13.1 Å². The zero-order valence-electron chi connectivity index (χ0n) is 14.7. The van der Waals surface area contributed by atoms with Crippen molar-refractivity contribution in [3.8, 4) is 0 Å². The molecule has 2 aromatic rings. The van der Waals surface area contributed by atoms with E-state index in [9.17, 15) is 8.78 Å². The number of imidazole rings is 1. The first-order valence-corrected chi connectivity index (χ1v) is 8.47. The average Bonchev–Trinajstić information content (AvgIpc) is 3.07. The minimum absolute atomic E-state index is 0.184. The molecule has 0 bridgehead atoms. The van der Waals surface area contributed by atoms with Crippen molar-refractivity contribution in [3.63, 3.8) is 0 Å². The second-order valence-electron chi connectivity index (χ2n) is 5.81. The van der Waals surface area contributed by atoms with Crippen LogP contribution in [0.25, 0.3) is 0 Å². The SMILES string of the molecule is CCCCNC(=NCc1ccc(C)cc1)NCc1nccn1C(F)F. The standard InChI is InChI=1S/C18H25F2N5/c1-3-4-9-22-18(23-12-15-7-5-14(2)6-8-15)24-13-16-21-10-11-25(16)17(19)20/h5-8,10-11,17H,3-4,9,12-13H2,1-2H3,(H2,22,23,24). The molecule has 0 fully saturated rings. The van der Waals surface area contributed by atoms with Crippen molar-refractivity contribution < 1.29 is 8.78 Å². The molecule has 0 aliphatic rings. The summed E-state index contributed by atoms with van der Waals surface area (Å²) in [4.78, 5) is 8.51. The molecule has 5 nitrogen and oxygen atoms in total. The fourth-order valence-corrected chi connectivity index (χ4v) is 2.24. The topological polar surface area (TPSA) is 54.2 Å². The highest BCUT2D eigenvalue weighted by Crippen LogP contribution is 2.12. The quantitative estimate of drug-likeness (QED) is 0.435. The molecule has 1 aromatic carbocycles. The smallest absolute Gasteiger partial charge is 0.319 e. The Labute approximate surface area is 147 Å². The van der Waals surface area contributed by atoms with Crippen molar-refractivity contribution in [3.05, 3.63) is 53.6 Å². The van der Waals surface area contributed by atoms with E-state index in [4.69, 9.17) is 0 Å². The Bertz CT molecular complexity index is 664. The highest BCUT2D eigenvalue weighted by Gasteiger charge is 2.11. The van der Waals surface area contributed by atoms with E-state index < -0.39 is 6.55 Å². The first kappa shape index (κ1) is 18.9. The number of nitrogens with zero attached hydrogens (tertiary/aromatic N) is 3. The van der Waals surface area contributed by atoms with E-state index in [1.54, 1.807) is 0 Å². The molecule has 0 aliphatic carbocycles. The van der Waals surface area contributed by atoms with Crippen molar-refractivity contribution in [2.24, 2.45) is 4.99 Å². The van der Waals surface area contributed by atoms with Gasteiger partial charge in [-0.3, -0.25) is 4.57 Å². The fourth-order valence-electron chi connectivity index (χ4n) is 2.24. The maximum absolute atomic E-state index is 12.9. The van der Waals surface area contributed by atoms with E-state index in [2.05, 4.69) is 27.5 Å². The van der Waals surface area contributed by atoms with Gasteiger partial charge in [-0.05, 0) is 18.9 Å². The lowest BCUT2D eigenvalue weighted by atomic mass is 10.1. The molecule has 0 unspecified atom stereocenters. The summed E-state index contributed by atoms with van der Waals surface area (Å²) in [5, 5.41) is 6.31. The maximum Gasteiger partial charge on any atom is 0.319 e. The van der Waals surface area contributed by atoms with Crippen LogP contribution in [-0.2, 0) is 13.1 Å². The summed E-state index contributed by atoms with van der Waals surface area (Å²) in [7, 11) is 0. The second kappa shape index (κ2) is 9.76. The van der Waals surface area contributed by atoms with Gasteiger partial charge in [-0.25, -0.2) is 9.98 Å². The van der Waals surface area contributed by atoms with Gasteiger partial charge in [0.15, 0.2) is 5.96 Å². The Kier molecular flexibility index (Phi) is 7.37. The molecule has 2 rings (SSSR count). The van der Waals surface area contributed by atoms with Crippen molar-refractivity contribution in [1.29, 1.82) is 0 Å². The molecule has 0 saturated heterocycles. The van der Waals surface area contributed by atoms with Gasteiger partial charge in [-0.15, -0.1) is 0 Å². The van der Waals surface area contributed by atoms with Gasteiger partial charge in [-0.2, -0.15) is 8.78 Å². The van der Waals surface area contributed by atoms with Crippen LogP contribution in [0.5, 0.6) is 0 Å². The third-order valence-corrected chi connectivity index (χ3v) is 3.74. The Morgan fingerprint density at radius 2 is 2.00 bits per heavy atom. The molecule has 2 N–H and O–H groups in total. The van der Waals surface area contributed by atoms with Crippen molar-refractivity contribution in [1.82, 2.24) is 20.2 Å². The number of aromatic nitrogens is 2. The predicted octanol–water partition coefficient (Wildman–Crippen LogP) is 3.62. The molecule has 25 heavy (non-hydrogen) atoms. The maximum atomic E-state index is 12.9. The molecule has 1 aromatic heterocycles. The largest absolute Gasteiger partial charge is 0.356 e. The van der Waals surface area contributed by atoms with Crippen LogP contribution in [0.2, 0.25) is 0 Å². The lowest BCUT2D eigenvalue weighted by Crippen LogP contribution is -2.38. The van der Waals surface area contributed by atoms with Gasteiger partial charge in [0, 0.05) is 18.9 Å². The van der Waals surface area contributed by atoms with Gasteiger partial charge < -0.3 is 10.6 Å². The van der Waals surface area contributed by atoms with Crippen LogP contribution in [0.1, 0.15) is 43.3 Å². The Hall–Kier alpha value is -2.44. The number of aryl methyl sites for hydroxylation is 1. The molecule has 1 heterocycles. The molecule has 0 spiro atoms. The number of alkyl halides is 2. The second-order valence-corrected chi connectivity index (χ2v) is 5.81. The molecular formula is C18H25F2N5. The van der Waals surface area contributed by atoms with Crippen LogP contribution in [-0.4, -0.2) is 22.1 Å². The zero-order chi connectivity index (χ0) is 18.1. The van der Waals surface area contributed by atoms with Gasteiger partial charge >= 0.3 is 6.55 Å². The number of nitrogens with one attached hydrogen (secondary N) is 2. The van der Waals surface area contributed by atoms with E-state index in [1.165, 1.54) is 18.0 Å². The first-order chi connectivity index (χ1) is 12.1. The summed E-state index contributed by atoms with van der Waals surface area (Å²) < 4.78 is 26.6. The van der Waals surface area contributed by atoms with Crippen molar-refractivity contribution in [2.75, 3.05) is 6.54 Å². The van der Waals surface area contributed by atoms with Crippen molar-refractivity contribution >= 4 is 5.96 Å². The summed E-state index contributed by atoms with van der Waals surface area (Å²) >= 11 is 0. The Balaban J connectivity index is 2.00. The van der Waals surface area contributed by atoms with Crippen LogP contribution in [0.3, 0.4) is 0 Å². The summed E-state index contributed by atoms with van der Waals surface area (Å²) in [6, 6.07) is 8.15. The van der Waals surface area contributed by atoms with E-state index in [1.807, 2.05) is 31.2 Å². The monoisotopic (exact) mass is 349 g/mol. The van der Waals surface area contributed by atoms with Crippen LogP contribution in [0.4, 0.5) is 8.78 Å². The number of guanidine groups is 1. The van der Waals surface area contributed by atoms with Gasteiger partial charge in [-0.1, -0.05) is 43.2 Å². The van der Waals surface area contributed by atoms with Crippen LogP contribution in [0, 0.1) is 6.92 Å². The Morgan fingerprint density at radius 3 is 2.68 bits per heavy atom. The lowest BCUT2D eigenvalue weighted by molar-refractivity contribution is 0.0668. The number of hydrogen-bond donors (Lipinski definition) is 2. The molecule has 0 radical (unpaired) electrons. The highest BCUT2D eigenvalue weighted by molar-refractivity contribution is 5.79. The minimum Gasteiger partial charge on any atom is -0.356 e. The molecule has 0 amide bonds. The summed E-state index contributed by atoms with van der Waals surface area (Å²) in [6.07, 6.45) is 4.72. The van der Waals surface area contributed by atoms with Crippen LogP contribution in [0.15, 0.2) is 41.7 Å². The minimum atomic E-state index is -2.60. The summed E-state index contributed by atoms with van der Waals surface area (Å²) in [5.74, 6) is 0.869. The number of benzene rings is 1. The third kappa shape index (κ3) is 6.17. The third-order valence-electron chi connectivity index (χ3n) is 3.74. The number of unbranched alkanes of at least 4 members (excludes halogenated alkanes) is 1. The predicted molar refractivity (Wildman–Crippen MR) is 95.5 cm³/mol. The Morgan fingerprint density at radius 1 is 1.24 bits per heavy atom. The van der Waals surface area contributed by atoms with Gasteiger partial charge in [0.2, 0.25) is 0 Å². The molecular weight excluding hydrogens is 324 g/mol. The molecule has 0 saturated carbocycles. The van der Waals surface area contributed by atoms with Crippen molar-refractivity contribution in [2.45, 2.75) is 46.3 Å². The fraction of sp³-hybridized carbons (Fsp3) is 0.444. The number of hydrogen-bond acceptors (Lipinski definition) is 2. The molecule has 0 aliphatic heterocycles. The zero-order valence-corrected chi connectivity index (χ0v) is 14.7. The molecule has 136 valence electrons. The molecule has 7 heteroatoms. The van der Waals surface area contributed by atoms with Gasteiger partial charge in [0.25, 0.3) is 0 Å². The number of halogens is 2. The van der Waals surface area contributed by atoms with Gasteiger partial charge in [0.1, 0.15) is 5.82 Å². The normalized spacial score (nSPS) is 11.8. The van der Waals surface area contributed by atoms with E-state index in [0.717, 1.165) is 29.5 Å². The number of rotatable bonds is 8.